The number of nitrogens with zero attached hydrogens (tertiary/aromatic N) is 2. The number of hydrogen-bond acceptors (Lipinski definition) is 6. The molecular weight excluding hydrogens is 348 g/mol. The van der Waals surface area contributed by atoms with E-state index in [9.17, 15) is 13.2 Å². The molecule has 0 atom stereocenters. The van der Waals surface area contributed by atoms with E-state index in [1.807, 2.05) is 6.92 Å². The van der Waals surface area contributed by atoms with Crippen molar-refractivity contribution >= 4 is 33.0 Å². The fourth-order valence-corrected chi connectivity index (χ4v) is 3.68. The molecule has 2 rings (SSSR count). The van der Waals surface area contributed by atoms with Gasteiger partial charge in [0.25, 0.3) is 5.91 Å². The predicted octanol–water partition coefficient (Wildman–Crippen LogP) is 1.72. The van der Waals surface area contributed by atoms with E-state index in [4.69, 9.17) is 5.73 Å². The number of benzene rings is 1. The van der Waals surface area contributed by atoms with Gasteiger partial charge in [0.1, 0.15) is 10.7 Å². The Morgan fingerprint density at radius 1 is 1.33 bits per heavy atom. The fraction of sp³-hybridized carbons (Fsp3) is 0.333. The first kappa shape index (κ1) is 18.5. The van der Waals surface area contributed by atoms with E-state index in [0.29, 0.717) is 10.7 Å². The van der Waals surface area contributed by atoms with Gasteiger partial charge in [0.05, 0.1) is 4.90 Å². The lowest BCUT2D eigenvalue weighted by atomic mass is 10.1. The van der Waals surface area contributed by atoms with Crippen LogP contribution in [0.3, 0.4) is 0 Å². The first-order valence-electron chi connectivity index (χ1n) is 7.16. The van der Waals surface area contributed by atoms with Crippen LogP contribution in [0.25, 0.3) is 0 Å². The van der Waals surface area contributed by atoms with Crippen LogP contribution in [0.2, 0.25) is 0 Å². The molecule has 0 saturated heterocycles. The maximum Gasteiger partial charge on any atom is 0.275 e. The summed E-state index contributed by atoms with van der Waals surface area (Å²) in [5.74, 6) is -0.396. The quantitative estimate of drug-likeness (QED) is 0.836. The van der Waals surface area contributed by atoms with Crippen molar-refractivity contribution in [3.05, 3.63) is 39.3 Å². The van der Waals surface area contributed by atoms with Gasteiger partial charge in [-0.2, -0.15) is 0 Å². The number of hydrogen-bond donors (Lipinski definition) is 2. The van der Waals surface area contributed by atoms with Crippen LogP contribution in [0.1, 0.15) is 26.6 Å². The SMILES string of the molecule is Cc1cc(S(=O)(=O)N(C)C)cc(NC(=O)c2csc(CN)n2)c1C. The number of nitrogens with two attached hydrogens (primary N) is 1. The largest absolute Gasteiger partial charge is 0.325 e. The molecule has 130 valence electrons. The molecule has 0 aliphatic rings. The number of aryl methyl sites for hydroxylation is 1. The Kier molecular flexibility index (Phi) is 5.38. The van der Waals surface area contributed by atoms with E-state index in [0.717, 1.165) is 15.4 Å². The molecule has 0 bridgehead atoms. The zero-order valence-corrected chi connectivity index (χ0v) is 15.6. The minimum absolute atomic E-state index is 0.131. The average molecular weight is 368 g/mol. The molecular formula is C15H20N4O3S2. The Morgan fingerprint density at radius 3 is 2.54 bits per heavy atom. The Labute approximate surface area is 145 Å². The summed E-state index contributed by atoms with van der Waals surface area (Å²) in [6, 6.07) is 3.06. The molecule has 9 heteroatoms. The second kappa shape index (κ2) is 6.98. The summed E-state index contributed by atoms with van der Waals surface area (Å²) in [7, 11) is -0.658. The van der Waals surface area contributed by atoms with Crippen molar-refractivity contribution in [1.82, 2.24) is 9.29 Å². The van der Waals surface area contributed by atoms with Gasteiger partial charge in [-0.1, -0.05) is 0 Å². The van der Waals surface area contributed by atoms with Crippen molar-refractivity contribution in [3.63, 3.8) is 0 Å². The summed E-state index contributed by atoms with van der Waals surface area (Å²) in [5, 5.41) is 5.03. The third-order valence-corrected chi connectivity index (χ3v) is 6.29. The number of aromatic nitrogens is 1. The van der Waals surface area contributed by atoms with Gasteiger partial charge in [0.2, 0.25) is 10.0 Å². The maximum absolute atomic E-state index is 12.3. The highest BCUT2D eigenvalue weighted by molar-refractivity contribution is 7.89. The summed E-state index contributed by atoms with van der Waals surface area (Å²) in [4.78, 5) is 16.6. The lowest BCUT2D eigenvalue weighted by Crippen LogP contribution is -2.23. The number of carbonyl (C=O) groups excluding carboxylic acids is 1. The normalized spacial score (nSPS) is 11.8. The first-order chi connectivity index (χ1) is 11.2. The topological polar surface area (TPSA) is 105 Å². The molecule has 0 unspecified atom stereocenters. The second-order valence-electron chi connectivity index (χ2n) is 5.48. The smallest absolute Gasteiger partial charge is 0.275 e. The summed E-state index contributed by atoms with van der Waals surface area (Å²) in [6.45, 7) is 3.89. The first-order valence-corrected chi connectivity index (χ1v) is 9.48. The number of nitrogens with one attached hydrogen (secondary N) is 1. The number of thiazole rings is 1. The van der Waals surface area contributed by atoms with Crippen LogP contribution in [-0.4, -0.2) is 37.7 Å². The second-order valence-corrected chi connectivity index (χ2v) is 8.58. The molecule has 0 aliphatic heterocycles. The van der Waals surface area contributed by atoms with Crippen LogP contribution in [0.15, 0.2) is 22.4 Å². The predicted molar refractivity (Wildman–Crippen MR) is 94.7 cm³/mol. The molecule has 7 nitrogen and oxygen atoms in total. The van der Waals surface area contributed by atoms with Crippen molar-refractivity contribution in [2.24, 2.45) is 5.73 Å². The van der Waals surface area contributed by atoms with E-state index in [2.05, 4.69) is 10.3 Å². The lowest BCUT2D eigenvalue weighted by Gasteiger charge is -2.16. The zero-order valence-electron chi connectivity index (χ0n) is 14.0. The summed E-state index contributed by atoms with van der Waals surface area (Å²) in [5.41, 5.74) is 7.78. The van der Waals surface area contributed by atoms with Gasteiger partial charge in [0, 0.05) is 31.7 Å². The molecule has 0 saturated carbocycles. The van der Waals surface area contributed by atoms with Gasteiger partial charge in [-0.05, 0) is 37.1 Å². The minimum atomic E-state index is -3.59. The Balaban J connectivity index is 2.39. The van der Waals surface area contributed by atoms with E-state index in [-0.39, 0.29) is 17.1 Å². The van der Waals surface area contributed by atoms with Gasteiger partial charge >= 0.3 is 0 Å². The Bertz CT molecular complexity index is 873. The van der Waals surface area contributed by atoms with Crippen molar-refractivity contribution < 1.29 is 13.2 Å². The number of anilines is 1. The third-order valence-electron chi connectivity index (χ3n) is 3.63. The third kappa shape index (κ3) is 3.64. The van der Waals surface area contributed by atoms with E-state index in [1.165, 1.54) is 31.5 Å². The van der Waals surface area contributed by atoms with Gasteiger partial charge in [-0.15, -0.1) is 11.3 Å². The van der Waals surface area contributed by atoms with Gasteiger partial charge < -0.3 is 11.1 Å². The highest BCUT2D eigenvalue weighted by atomic mass is 32.2. The van der Waals surface area contributed by atoms with Crippen LogP contribution in [0.5, 0.6) is 0 Å². The van der Waals surface area contributed by atoms with Gasteiger partial charge in [-0.3, -0.25) is 4.79 Å². The molecule has 2 aromatic rings. The number of carbonyl (C=O) groups is 1. The van der Waals surface area contributed by atoms with Gasteiger partial charge in [-0.25, -0.2) is 17.7 Å². The number of amides is 1. The molecule has 1 aromatic carbocycles. The summed E-state index contributed by atoms with van der Waals surface area (Å²) < 4.78 is 25.8. The Morgan fingerprint density at radius 2 is 2.00 bits per heavy atom. The summed E-state index contributed by atoms with van der Waals surface area (Å²) in [6.07, 6.45) is 0. The molecule has 3 N–H and O–H groups in total. The van der Waals surface area contributed by atoms with E-state index in [1.54, 1.807) is 18.4 Å². The van der Waals surface area contributed by atoms with Crippen molar-refractivity contribution in [1.29, 1.82) is 0 Å². The van der Waals surface area contributed by atoms with Crippen molar-refractivity contribution in [2.45, 2.75) is 25.3 Å². The van der Waals surface area contributed by atoms with Crippen molar-refractivity contribution in [3.8, 4) is 0 Å². The minimum Gasteiger partial charge on any atom is -0.325 e. The van der Waals surface area contributed by atoms with Gasteiger partial charge in [0.15, 0.2) is 0 Å². The number of sulfonamides is 1. The lowest BCUT2D eigenvalue weighted by molar-refractivity contribution is 0.102. The van der Waals surface area contributed by atoms with Crippen LogP contribution < -0.4 is 11.1 Å². The molecule has 1 heterocycles. The van der Waals surface area contributed by atoms with Crippen LogP contribution >= 0.6 is 11.3 Å². The monoisotopic (exact) mass is 368 g/mol. The fourth-order valence-electron chi connectivity index (χ4n) is 2.01. The molecule has 24 heavy (non-hydrogen) atoms. The highest BCUT2D eigenvalue weighted by Crippen LogP contribution is 2.26. The molecule has 1 amide bonds. The molecule has 0 radical (unpaired) electrons. The number of rotatable bonds is 5. The van der Waals surface area contributed by atoms with Crippen LogP contribution in [0, 0.1) is 13.8 Å². The summed E-state index contributed by atoms with van der Waals surface area (Å²) >= 11 is 1.31. The van der Waals surface area contributed by atoms with Crippen molar-refractivity contribution in [2.75, 3.05) is 19.4 Å². The average Bonchev–Trinajstić information content (AvgIpc) is 3.00. The maximum atomic E-state index is 12.3. The Hall–Kier alpha value is -1.81. The standard InChI is InChI=1S/C15H20N4O3S2/c1-9-5-11(24(21,22)19(3)4)6-12(10(9)2)18-15(20)13-8-23-14(7-16)17-13/h5-6,8H,7,16H2,1-4H3,(H,18,20). The molecule has 1 aromatic heterocycles. The van der Waals surface area contributed by atoms with E-state index >= 15 is 0 Å². The zero-order chi connectivity index (χ0) is 18.1. The molecule has 0 spiro atoms. The van der Waals surface area contributed by atoms with Crippen LogP contribution in [-0.2, 0) is 16.6 Å². The molecule has 0 aliphatic carbocycles. The van der Waals surface area contributed by atoms with E-state index < -0.39 is 15.9 Å². The highest BCUT2D eigenvalue weighted by Gasteiger charge is 2.20. The van der Waals surface area contributed by atoms with Crippen LogP contribution in [0.4, 0.5) is 5.69 Å². The molecule has 0 fully saturated rings.